The molecule has 28 heavy (non-hydrogen) atoms. The zero-order valence-corrected chi connectivity index (χ0v) is 16.4. The maximum absolute atomic E-state index is 13.1. The Balaban J connectivity index is 1.83. The van der Waals surface area contributed by atoms with E-state index in [-0.39, 0.29) is 18.0 Å². The van der Waals surface area contributed by atoms with Crippen molar-refractivity contribution in [3.05, 3.63) is 89.7 Å². The van der Waals surface area contributed by atoms with Gasteiger partial charge in [-0.05, 0) is 54.1 Å². The average molecular weight is 416 g/mol. The van der Waals surface area contributed by atoms with Crippen LogP contribution >= 0.6 is 11.6 Å². The predicted octanol–water partition coefficient (Wildman–Crippen LogP) is 3.25. The van der Waals surface area contributed by atoms with Gasteiger partial charge in [0.25, 0.3) is 10.0 Å². The number of rotatable bonds is 7. The number of hydrogen-bond acceptors (Lipinski definition) is 4. The SMILES string of the molecule is O=C(CN(c1ccccc1)S(=O)(=O)c1ccc(Cl)cc1)NCc1ccncc1. The maximum atomic E-state index is 13.1. The lowest BCUT2D eigenvalue weighted by Gasteiger charge is -2.24. The van der Waals surface area contributed by atoms with Crippen molar-refractivity contribution in [1.29, 1.82) is 0 Å². The fourth-order valence-corrected chi connectivity index (χ4v) is 4.08. The van der Waals surface area contributed by atoms with Gasteiger partial charge in [-0.25, -0.2) is 8.42 Å². The predicted molar refractivity (Wildman–Crippen MR) is 109 cm³/mol. The van der Waals surface area contributed by atoms with E-state index in [2.05, 4.69) is 10.3 Å². The lowest BCUT2D eigenvalue weighted by molar-refractivity contribution is -0.119. The highest BCUT2D eigenvalue weighted by molar-refractivity contribution is 7.92. The van der Waals surface area contributed by atoms with Crippen molar-refractivity contribution in [3.63, 3.8) is 0 Å². The minimum Gasteiger partial charge on any atom is -0.350 e. The standard InChI is InChI=1S/C20H18ClN3O3S/c21-17-6-8-19(9-7-17)28(26,27)24(18-4-2-1-3-5-18)15-20(25)23-14-16-10-12-22-13-11-16/h1-13H,14-15H2,(H,23,25). The first-order valence-electron chi connectivity index (χ1n) is 8.46. The van der Waals surface area contributed by atoms with Gasteiger partial charge < -0.3 is 5.32 Å². The van der Waals surface area contributed by atoms with Crippen molar-refractivity contribution in [2.45, 2.75) is 11.4 Å². The first-order chi connectivity index (χ1) is 13.5. The second kappa shape index (κ2) is 8.86. The smallest absolute Gasteiger partial charge is 0.264 e. The van der Waals surface area contributed by atoms with Gasteiger partial charge in [0.05, 0.1) is 10.6 Å². The Morgan fingerprint density at radius 1 is 0.964 bits per heavy atom. The number of carbonyl (C=O) groups excluding carboxylic acids is 1. The largest absolute Gasteiger partial charge is 0.350 e. The second-order valence-electron chi connectivity index (χ2n) is 5.93. The molecule has 1 amide bonds. The molecule has 0 unspecified atom stereocenters. The van der Waals surface area contributed by atoms with E-state index in [1.165, 1.54) is 24.3 Å². The van der Waals surface area contributed by atoms with Crippen LogP contribution < -0.4 is 9.62 Å². The zero-order valence-electron chi connectivity index (χ0n) is 14.8. The molecular formula is C20H18ClN3O3S. The van der Waals surface area contributed by atoms with Crippen molar-refractivity contribution >= 4 is 33.2 Å². The number of amides is 1. The molecule has 1 N–H and O–H groups in total. The number of nitrogens with one attached hydrogen (secondary N) is 1. The Bertz CT molecular complexity index is 1030. The van der Waals surface area contributed by atoms with E-state index in [0.717, 1.165) is 9.87 Å². The Labute approximate surface area is 168 Å². The molecule has 1 heterocycles. The molecule has 0 bridgehead atoms. The molecule has 2 aromatic carbocycles. The number of nitrogens with zero attached hydrogens (tertiary/aromatic N) is 2. The van der Waals surface area contributed by atoms with Gasteiger partial charge >= 0.3 is 0 Å². The Kier molecular flexibility index (Phi) is 6.28. The van der Waals surface area contributed by atoms with E-state index in [9.17, 15) is 13.2 Å². The molecule has 0 saturated carbocycles. The van der Waals surface area contributed by atoms with Crippen LogP contribution in [0, 0.1) is 0 Å². The summed E-state index contributed by atoms with van der Waals surface area (Å²) in [7, 11) is -3.95. The number of carbonyl (C=O) groups is 1. The molecule has 0 spiro atoms. The molecule has 0 atom stereocenters. The van der Waals surface area contributed by atoms with Crippen LogP contribution in [0.3, 0.4) is 0 Å². The normalized spacial score (nSPS) is 11.0. The van der Waals surface area contributed by atoms with E-state index < -0.39 is 15.9 Å². The van der Waals surface area contributed by atoms with Crippen LogP contribution in [-0.2, 0) is 21.4 Å². The summed E-state index contributed by atoms with van der Waals surface area (Å²) in [6.45, 7) is -0.0645. The number of benzene rings is 2. The highest BCUT2D eigenvalue weighted by Crippen LogP contribution is 2.24. The molecule has 0 aliphatic heterocycles. The van der Waals surface area contributed by atoms with Gasteiger partial charge in [-0.3, -0.25) is 14.1 Å². The van der Waals surface area contributed by atoms with Gasteiger partial charge in [-0.1, -0.05) is 29.8 Å². The van der Waals surface area contributed by atoms with Crippen LogP contribution in [0.1, 0.15) is 5.56 Å². The highest BCUT2D eigenvalue weighted by Gasteiger charge is 2.27. The molecule has 3 aromatic rings. The minimum atomic E-state index is -3.95. The van der Waals surface area contributed by atoms with Gasteiger partial charge in [0, 0.05) is 24.0 Å². The van der Waals surface area contributed by atoms with E-state index in [0.29, 0.717) is 10.7 Å². The second-order valence-corrected chi connectivity index (χ2v) is 8.23. The monoisotopic (exact) mass is 415 g/mol. The van der Waals surface area contributed by atoms with Crippen LogP contribution in [-0.4, -0.2) is 25.9 Å². The summed E-state index contributed by atoms with van der Waals surface area (Å²) in [6, 6.07) is 17.9. The lowest BCUT2D eigenvalue weighted by Crippen LogP contribution is -2.40. The third kappa shape index (κ3) is 4.88. The van der Waals surface area contributed by atoms with Crippen LogP contribution in [0.5, 0.6) is 0 Å². The summed E-state index contributed by atoms with van der Waals surface area (Å²) in [5.41, 5.74) is 1.27. The molecule has 0 aliphatic rings. The third-order valence-corrected chi connectivity index (χ3v) is 6.01. The third-order valence-electron chi connectivity index (χ3n) is 3.97. The molecule has 0 radical (unpaired) electrons. The van der Waals surface area contributed by atoms with Crippen LogP contribution in [0.2, 0.25) is 5.02 Å². The molecule has 0 fully saturated rings. The number of aromatic nitrogens is 1. The molecule has 3 rings (SSSR count). The average Bonchev–Trinajstić information content (AvgIpc) is 2.72. The van der Waals surface area contributed by atoms with E-state index in [1.807, 2.05) is 0 Å². The maximum Gasteiger partial charge on any atom is 0.264 e. The summed E-state index contributed by atoms with van der Waals surface area (Å²) in [4.78, 5) is 16.5. The number of anilines is 1. The van der Waals surface area contributed by atoms with Gasteiger partial charge in [-0.2, -0.15) is 0 Å². The van der Waals surface area contributed by atoms with Gasteiger partial charge in [0.2, 0.25) is 5.91 Å². The van der Waals surface area contributed by atoms with Crippen molar-refractivity contribution in [2.24, 2.45) is 0 Å². The Hall–Kier alpha value is -2.90. The fourth-order valence-electron chi connectivity index (χ4n) is 2.53. The summed E-state index contributed by atoms with van der Waals surface area (Å²) in [5.74, 6) is -0.418. The molecule has 1 aromatic heterocycles. The fraction of sp³-hybridized carbons (Fsp3) is 0.100. The van der Waals surface area contributed by atoms with Crippen LogP contribution in [0.25, 0.3) is 0 Å². The van der Waals surface area contributed by atoms with E-state index in [4.69, 9.17) is 11.6 Å². The molecule has 6 nitrogen and oxygen atoms in total. The molecular weight excluding hydrogens is 398 g/mol. The number of halogens is 1. The summed E-state index contributed by atoms with van der Waals surface area (Å²) >= 11 is 5.87. The number of pyridine rings is 1. The number of hydrogen-bond donors (Lipinski definition) is 1. The van der Waals surface area contributed by atoms with Crippen molar-refractivity contribution in [1.82, 2.24) is 10.3 Å². The van der Waals surface area contributed by atoms with Crippen molar-refractivity contribution in [2.75, 3.05) is 10.8 Å². The minimum absolute atomic E-state index is 0.0580. The summed E-state index contributed by atoms with van der Waals surface area (Å²) in [6.07, 6.45) is 3.26. The Morgan fingerprint density at radius 3 is 2.25 bits per heavy atom. The van der Waals surface area contributed by atoms with Crippen molar-refractivity contribution < 1.29 is 13.2 Å². The van der Waals surface area contributed by atoms with Crippen LogP contribution in [0.4, 0.5) is 5.69 Å². The quantitative estimate of drug-likeness (QED) is 0.642. The molecule has 8 heteroatoms. The van der Waals surface area contributed by atoms with Gasteiger partial charge in [0.15, 0.2) is 0 Å². The first-order valence-corrected chi connectivity index (χ1v) is 10.3. The first kappa shape index (κ1) is 19.9. The highest BCUT2D eigenvalue weighted by atomic mass is 35.5. The Morgan fingerprint density at radius 2 is 1.61 bits per heavy atom. The van der Waals surface area contributed by atoms with E-state index in [1.54, 1.807) is 54.9 Å². The van der Waals surface area contributed by atoms with E-state index >= 15 is 0 Å². The molecule has 0 aliphatic carbocycles. The summed E-state index contributed by atoms with van der Waals surface area (Å²) in [5, 5.41) is 3.17. The van der Waals surface area contributed by atoms with Crippen molar-refractivity contribution in [3.8, 4) is 0 Å². The molecule has 144 valence electrons. The molecule has 0 saturated heterocycles. The van der Waals surface area contributed by atoms with Gasteiger partial charge in [-0.15, -0.1) is 0 Å². The lowest BCUT2D eigenvalue weighted by atomic mass is 10.3. The van der Waals surface area contributed by atoms with Crippen LogP contribution in [0.15, 0.2) is 84.0 Å². The number of sulfonamides is 1. The summed E-state index contributed by atoms with van der Waals surface area (Å²) < 4.78 is 27.4. The number of para-hydroxylation sites is 1. The van der Waals surface area contributed by atoms with Gasteiger partial charge in [0.1, 0.15) is 6.54 Å². The topological polar surface area (TPSA) is 79.4 Å². The zero-order chi connectivity index (χ0) is 20.0.